The van der Waals surface area contributed by atoms with E-state index in [-0.39, 0.29) is 25.7 Å². The number of amides is 1. The number of hydrogen-bond acceptors (Lipinski definition) is 6. The first kappa shape index (κ1) is 57.2. The summed E-state index contributed by atoms with van der Waals surface area (Å²) in [7, 11) is -4.35. The second-order valence-electron chi connectivity index (χ2n) is 16.3. The Labute approximate surface area is 364 Å². The van der Waals surface area contributed by atoms with Crippen molar-refractivity contribution in [2.24, 2.45) is 5.73 Å². The molecule has 0 rings (SSSR count). The van der Waals surface area contributed by atoms with Crippen molar-refractivity contribution in [1.29, 1.82) is 0 Å². The minimum Gasteiger partial charge on any atom is -0.387 e. The van der Waals surface area contributed by atoms with E-state index >= 15 is 0 Å². The van der Waals surface area contributed by atoms with Gasteiger partial charge in [0.25, 0.3) is 0 Å². The van der Waals surface area contributed by atoms with Gasteiger partial charge in [-0.15, -0.1) is 0 Å². The van der Waals surface area contributed by atoms with Gasteiger partial charge in [0.2, 0.25) is 5.91 Å². The van der Waals surface area contributed by atoms with Gasteiger partial charge in [0.15, 0.2) is 0 Å². The van der Waals surface area contributed by atoms with Crippen LogP contribution in [0.25, 0.3) is 0 Å². The third-order valence-corrected chi connectivity index (χ3v) is 11.6. The van der Waals surface area contributed by atoms with E-state index in [1.807, 2.05) is 6.08 Å². The van der Waals surface area contributed by atoms with Crippen molar-refractivity contribution < 1.29 is 28.4 Å². The molecule has 0 aromatic rings. The van der Waals surface area contributed by atoms with Crippen molar-refractivity contribution in [3.05, 3.63) is 60.8 Å². The van der Waals surface area contributed by atoms with E-state index in [9.17, 15) is 19.4 Å². The van der Waals surface area contributed by atoms with Crippen LogP contribution in [0.3, 0.4) is 0 Å². The molecule has 0 saturated heterocycles. The monoisotopic (exact) mass is 849 g/mol. The molecule has 0 aliphatic heterocycles. The lowest BCUT2D eigenvalue weighted by Crippen LogP contribution is -2.45. The largest absolute Gasteiger partial charge is 0.472 e. The predicted octanol–water partition coefficient (Wildman–Crippen LogP) is 14.2. The molecule has 0 spiro atoms. The van der Waals surface area contributed by atoms with Crippen molar-refractivity contribution in [2.75, 3.05) is 19.8 Å². The smallest absolute Gasteiger partial charge is 0.387 e. The average molecular weight is 849 g/mol. The first-order valence-electron chi connectivity index (χ1n) is 24.4. The molecule has 0 radical (unpaired) electrons. The molecule has 0 aliphatic carbocycles. The van der Waals surface area contributed by atoms with Crippen molar-refractivity contribution in [3.8, 4) is 0 Å². The Bertz CT molecular complexity index is 1110. The Morgan fingerprint density at radius 3 is 1.44 bits per heavy atom. The lowest BCUT2D eigenvalue weighted by Gasteiger charge is -2.23. The Kier molecular flexibility index (Phi) is 44.3. The molecule has 8 nitrogen and oxygen atoms in total. The van der Waals surface area contributed by atoms with Gasteiger partial charge < -0.3 is 21.1 Å². The summed E-state index contributed by atoms with van der Waals surface area (Å²) in [5, 5.41) is 13.7. The van der Waals surface area contributed by atoms with Crippen molar-refractivity contribution >= 4 is 13.7 Å². The van der Waals surface area contributed by atoms with Crippen LogP contribution in [0.1, 0.15) is 219 Å². The molecule has 59 heavy (non-hydrogen) atoms. The number of hydrogen-bond donors (Lipinski definition) is 4. The third-order valence-electron chi connectivity index (χ3n) is 10.6. The molecule has 5 N–H and O–H groups in total. The highest BCUT2D eigenvalue weighted by atomic mass is 31.2. The SMILES string of the molecule is CC/C=C\C/C=C\C/C=C\C/C=C\CCCCCCCCCCC(=O)NC(COP(=O)(O)OCCN)C(O)/C=C/CCCCCCCCCCCCCCCCCCC. The number of carbonyl (C=O) groups is 1. The molecule has 3 atom stereocenters. The van der Waals surface area contributed by atoms with Crippen molar-refractivity contribution in [1.82, 2.24) is 5.32 Å². The first-order chi connectivity index (χ1) is 28.9. The molecule has 344 valence electrons. The number of nitrogens with two attached hydrogens (primary N) is 1. The van der Waals surface area contributed by atoms with Gasteiger partial charge in [-0.1, -0.05) is 216 Å². The van der Waals surface area contributed by atoms with Gasteiger partial charge in [-0.25, -0.2) is 4.57 Å². The van der Waals surface area contributed by atoms with Crippen LogP contribution in [-0.2, 0) is 18.4 Å². The Morgan fingerprint density at radius 1 is 0.576 bits per heavy atom. The van der Waals surface area contributed by atoms with Crippen LogP contribution in [0.5, 0.6) is 0 Å². The molecule has 0 fully saturated rings. The van der Waals surface area contributed by atoms with Gasteiger partial charge >= 0.3 is 7.82 Å². The predicted molar refractivity (Wildman–Crippen MR) is 254 cm³/mol. The molecular weight excluding hydrogens is 756 g/mol. The van der Waals surface area contributed by atoms with Gasteiger partial charge in [0.05, 0.1) is 25.4 Å². The van der Waals surface area contributed by atoms with Crippen LogP contribution in [0.4, 0.5) is 0 Å². The standard InChI is InChI=1S/C50H93N2O6P/c1-3-5-7-9-11-13-15-17-19-21-23-24-26-28-30-32-34-36-38-40-42-44-50(54)52-48(47-58-59(55,56)57-46-45-51)49(53)43-41-39-37-35-33-31-29-27-25-22-20-18-16-14-12-10-8-6-4-2/h5,7,11,13,17,19,23-24,41,43,48-49,53H,3-4,6,8-10,12,14-16,18,20-22,25-40,42,44-47,51H2,1-2H3,(H,52,54)(H,55,56)/b7-5-,13-11-,19-17-,24-23-,43-41+. The van der Waals surface area contributed by atoms with E-state index in [0.29, 0.717) is 6.42 Å². The lowest BCUT2D eigenvalue weighted by atomic mass is 10.0. The minimum absolute atomic E-state index is 0.0749. The Morgan fingerprint density at radius 2 is 0.983 bits per heavy atom. The summed E-state index contributed by atoms with van der Waals surface area (Å²) in [5.41, 5.74) is 5.39. The number of aliphatic hydroxyl groups is 1. The molecule has 0 aromatic heterocycles. The van der Waals surface area contributed by atoms with Crippen molar-refractivity contribution in [2.45, 2.75) is 231 Å². The van der Waals surface area contributed by atoms with E-state index < -0.39 is 20.0 Å². The highest BCUT2D eigenvalue weighted by Crippen LogP contribution is 2.43. The third kappa shape index (κ3) is 44.1. The highest BCUT2D eigenvalue weighted by molar-refractivity contribution is 7.47. The van der Waals surface area contributed by atoms with Crippen LogP contribution in [0.2, 0.25) is 0 Å². The van der Waals surface area contributed by atoms with E-state index in [4.69, 9.17) is 14.8 Å². The highest BCUT2D eigenvalue weighted by Gasteiger charge is 2.26. The molecule has 0 aromatic carbocycles. The first-order valence-corrected chi connectivity index (χ1v) is 25.9. The zero-order valence-corrected chi connectivity index (χ0v) is 39.1. The summed E-state index contributed by atoms with van der Waals surface area (Å²) >= 11 is 0. The van der Waals surface area contributed by atoms with Crippen molar-refractivity contribution in [3.63, 3.8) is 0 Å². The van der Waals surface area contributed by atoms with E-state index in [2.05, 4.69) is 67.8 Å². The van der Waals surface area contributed by atoms with Gasteiger partial charge in [0, 0.05) is 13.0 Å². The quantitative estimate of drug-likeness (QED) is 0.0273. The molecular formula is C50H93N2O6P. The fourth-order valence-corrected chi connectivity index (χ4v) is 7.71. The maximum atomic E-state index is 12.8. The number of aliphatic hydroxyl groups excluding tert-OH is 1. The summed E-state index contributed by atoms with van der Waals surface area (Å²) in [6.07, 6.45) is 58.4. The van der Waals surface area contributed by atoms with Crippen LogP contribution < -0.4 is 11.1 Å². The van der Waals surface area contributed by atoms with Crippen LogP contribution in [-0.4, -0.2) is 47.8 Å². The summed E-state index contributed by atoms with van der Waals surface area (Å²) in [4.78, 5) is 22.8. The minimum atomic E-state index is -4.35. The number of nitrogens with one attached hydrogen (secondary N) is 1. The second kappa shape index (κ2) is 45.7. The van der Waals surface area contributed by atoms with Gasteiger partial charge in [-0.3, -0.25) is 13.8 Å². The fourth-order valence-electron chi connectivity index (χ4n) is 6.95. The topological polar surface area (TPSA) is 131 Å². The molecule has 0 saturated carbocycles. The number of carbonyl (C=O) groups excluding carboxylic acids is 1. The van der Waals surface area contributed by atoms with Gasteiger partial charge in [-0.2, -0.15) is 0 Å². The summed E-state index contributed by atoms with van der Waals surface area (Å²) in [6.45, 7) is 4.03. The zero-order valence-electron chi connectivity index (χ0n) is 38.2. The van der Waals surface area contributed by atoms with E-state index in [1.54, 1.807) is 6.08 Å². The second-order valence-corrected chi connectivity index (χ2v) is 17.7. The maximum Gasteiger partial charge on any atom is 0.472 e. The van der Waals surface area contributed by atoms with Gasteiger partial charge in [-0.05, 0) is 57.8 Å². The molecule has 0 bridgehead atoms. The van der Waals surface area contributed by atoms with Gasteiger partial charge in [0.1, 0.15) is 0 Å². The average Bonchev–Trinajstić information content (AvgIpc) is 3.22. The summed E-state index contributed by atoms with van der Waals surface area (Å²) < 4.78 is 22.2. The fraction of sp³-hybridized carbons (Fsp3) is 0.780. The van der Waals surface area contributed by atoms with Crippen LogP contribution in [0, 0.1) is 0 Å². The lowest BCUT2D eigenvalue weighted by molar-refractivity contribution is -0.123. The zero-order chi connectivity index (χ0) is 43.2. The molecule has 9 heteroatoms. The van der Waals surface area contributed by atoms with E-state index in [0.717, 1.165) is 70.6 Å². The molecule has 0 aliphatic rings. The number of phosphoric acid groups is 1. The Balaban J connectivity index is 4.16. The molecule has 3 unspecified atom stereocenters. The van der Waals surface area contributed by atoms with Crippen LogP contribution in [0.15, 0.2) is 60.8 Å². The summed E-state index contributed by atoms with van der Waals surface area (Å²) in [6, 6.07) is -0.868. The normalized spacial score (nSPS) is 14.5. The van der Waals surface area contributed by atoms with E-state index in [1.165, 1.54) is 128 Å². The summed E-state index contributed by atoms with van der Waals surface area (Å²) in [5.74, 6) is -0.203. The number of rotatable bonds is 45. The maximum absolute atomic E-state index is 12.8. The Hall–Kier alpha value is -1.80. The molecule has 0 heterocycles. The number of phosphoric ester groups is 1. The van der Waals surface area contributed by atoms with Crippen LogP contribution >= 0.6 is 7.82 Å². The number of unbranched alkanes of at least 4 members (excludes halogenated alkanes) is 25. The number of allylic oxidation sites excluding steroid dienone is 9. The molecule has 1 amide bonds.